The summed E-state index contributed by atoms with van der Waals surface area (Å²) < 4.78 is 27.2. The van der Waals surface area contributed by atoms with Crippen LogP contribution in [0.1, 0.15) is 41.1 Å². The first kappa shape index (κ1) is 20.0. The summed E-state index contributed by atoms with van der Waals surface area (Å²) in [6.07, 6.45) is 1.27. The number of amides is 2. The Labute approximate surface area is 171 Å². The first-order chi connectivity index (χ1) is 14.3. The number of aryl methyl sites for hydroxylation is 1. The smallest absolute Gasteiger partial charge is 0.269 e. The number of H-pyrrole nitrogens is 1. The number of halogens is 2. The molecule has 1 aliphatic rings. The molecule has 1 saturated carbocycles. The molecule has 1 aliphatic carbocycles. The van der Waals surface area contributed by atoms with E-state index < -0.39 is 5.92 Å². The van der Waals surface area contributed by atoms with Gasteiger partial charge in [-0.25, -0.2) is 13.8 Å². The topological polar surface area (TPSA) is 105 Å². The molecule has 2 heterocycles. The molecule has 0 saturated heterocycles. The number of aromatic nitrogens is 4. The minimum Gasteiger partial charge on any atom is -0.352 e. The minimum atomic E-state index is -2.61. The van der Waals surface area contributed by atoms with E-state index >= 15 is 0 Å². The maximum Gasteiger partial charge on any atom is 0.269 e. The number of hydrogen-bond donors (Lipinski definition) is 3. The molecule has 4 rings (SSSR count). The van der Waals surface area contributed by atoms with Gasteiger partial charge in [-0.1, -0.05) is 6.07 Å². The number of rotatable bonds is 7. The van der Waals surface area contributed by atoms with E-state index in [1.54, 1.807) is 19.3 Å². The SMILES string of the molecule is Cn1nccc1C(=O)NCc1nc2ccc(CNC(=O)CC3CC(F)(F)C3)cc2[nH]1. The zero-order chi connectivity index (χ0) is 21.3. The van der Waals surface area contributed by atoms with Crippen molar-refractivity contribution < 1.29 is 18.4 Å². The number of aromatic amines is 1. The summed E-state index contributed by atoms with van der Waals surface area (Å²) in [7, 11) is 1.69. The van der Waals surface area contributed by atoms with Gasteiger partial charge in [-0.05, 0) is 29.7 Å². The highest BCUT2D eigenvalue weighted by atomic mass is 19.3. The van der Waals surface area contributed by atoms with Crippen LogP contribution < -0.4 is 10.6 Å². The number of benzene rings is 1. The van der Waals surface area contributed by atoms with Gasteiger partial charge in [-0.3, -0.25) is 14.3 Å². The van der Waals surface area contributed by atoms with Crippen molar-refractivity contribution >= 4 is 22.8 Å². The van der Waals surface area contributed by atoms with Crippen LogP contribution in [-0.2, 0) is 24.9 Å². The van der Waals surface area contributed by atoms with Gasteiger partial charge >= 0.3 is 0 Å². The van der Waals surface area contributed by atoms with Crippen LogP contribution in [0.15, 0.2) is 30.5 Å². The van der Waals surface area contributed by atoms with Crippen LogP contribution in [0.5, 0.6) is 0 Å². The fourth-order valence-electron chi connectivity index (χ4n) is 3.62. The monoisotopic (exact) mass is 416 g/mol. The van der Waals surface area contributed by atoms with E-state index in [4.69, 9.17) is 0 Å². The van der Waals surface area contributed by atoms with E-state index in [0.717, 1.165) is 16.6 Å². The van der Waals surface area contributed by atoms with E-state index in [1.807, 2.05) is 18.2 Å². The second kappa shape index (κ2) is 7.85. The number of carbonyl (C=O) groups excluding carboxylic acids is 2. The highest BCUT2D eigenvalue weighted by Gasteiger charge is 2.45. The number of nitrogens with zero attached hydrogens (tertiary/aromatic N) is 3. The Balaban J connectivity index is 1.30. The van der Waals surface area contributed by atoms with Crippen LogP contribution in [0.2, 0.25) is 0 Å². The van der Waals surface area contributed by atoms with Gasteiger partial charge in [-0.2, -0.15) is 5.10 Å². The molecular formula is C20H22F2N6O2. The molecule has 0 spiro atoms. The molecule has 3 aromatic rings. The Kier molecular flexibility index (Phi) is 5.23. The Hall–Kier alpha value is -3.30. The summed E-state index contributed by atoms with van der Waals surface area (Å²) in [5.74, 6) is -2.71. The van der Waals surface area contributed by atoms with Gasteiger partial charge in [0.25, 0.3) is 5.91 Å². The van der Waals surface area contributed by atoms with Crippen molar-refractivity contribution in [2.75, 3.05) is 0 Å². The van der Waals surface area contributed by atoms with Crippen molar-refractivity contribution in [1.82, 2.24) is 30.4 Å². The zero-order valence-corrected chi connectivity index (χ0v) is 16.4. The van der Waals surface area contributed by atoms with Crippen molar-refractivity contribution in [3.8, 4) is 0 Å². The number of carbonyl (C=O) groups is 2. The van der Waals surface area contributed by atoms with Gasteiger partial charge in [0.15, 0.2) is 0 Å². The molecule has 30 heavy (non-hydrogen) atoms. The molecule has 2 aromatic heterocycles. The second-order valence-corrected chi connectivity index (χ2v) is 7.67. The van der Waals surface area contributed by atoms with Crippen LogP contribution in [0.4, 0.5) is 8.78 Å². The lowest BCUT2D eigenvalue weighted by atomic mass is 9.79. The van der Waals surface area contributed by atoms with E-state index in [2.05, 4.69) is 25.7 Å². The number of hydrogen-bond acceptors (Lipinski definition) is 4. The number of imidazole rings is 1. The standard InChI is InChI=1S/C20H22F2N6O2/c1-28-16(4-5-25-28)19(30)24-11-17-26-14-3-2-12(6-15(14)27-17)10-23-18(29)7-13-8-20(21,22)9-13/h2-6,13H,7-11H2,1H3,(H,23,29)(H,24,30)(H,26,27). The van der Waals surface area contributed by atoms with Gasteiger partial charge in [0.05, 0.1) is 17.6 Å². The molecule has 0 bridgehead atoms. The summed E-state index contributed by atoms with van der Waals surface area (Å²) in [6, 6.07) is 7.17. The molecule has 0 atom stereocenters. The molecule has 158 valence electrons. The molecule has 0 unspecified atom stereocenters. The summed E-state index contributed by atoms with van der Waals surface area (Å²) in [5.41, 5.74) is 2.84. The fraction of sp³-hybridized carbons (Fsp3) is 0.400. The van der Waals surface area contributed by atoms with Crippen molar-refractivity contribution in [3.63, 3.8) is 0 Å². The molecule has 2 amide bonds. The first-order valence-electron chi connectivity index (χ1n) is 9.67. The summed E-state index contributed by atoms with van der Waals surface area (Å²) in [5, 5.41) is 9.53. The maximum atomic E-state index is 12.9. The van der Waals surface area contributed by atoms with E-state index in [1.165, 1.54) is 4.68 Å². The first-order valence-corrected chi connectivity index (χ1v) is 9.67. The third-order valence-corrected chi connectivity index (χ3v) is 5.20. The average molecular weight is 416 g/mol. The minimum absolute atomic E-state index is 0.127. The third kappa shape index (κ3) is 4.47. The predicted octanol–water partition coefficient (Wildman–Crippen LogP) is 2.28. The lowest BCUT2D eigenvalue weighted by Crippen LogP contribution is -2.38. The van der Waals surface area contributed by atoms with Crippen LogP contribution in [0, 0.1) is 5.92 Å². The fourth-order valence-corrected chi connectivity index (χ4v) is 3.62. The van der Waals surface area contributed by atoms with Crippen LogP contribution in [0.25, 0.3) is 11.0 Å². The van der Waals surface area contributed by atoms with Gasteiger partial charge < -0.3 is 15.6 Å². The van der Waals surface area contributed by atoms with Crippen molar-refractivity contribution in [2.45, 2.75) is 38.3 Å². The van der Waals surface area contributed by atoms with Crippen LogP contribution >= 0.6 is 0 Å². The highest BCUT2D eigenvalue weighted by molar-refractivity contribution is 5.92. The van der Waals surface area contributed by atoms with Gasteiger partial charge in [0, 0.05) is 39.1 Å². The Morgan fingerprint density at radius 2 is 2.03 bits per heavy atom. The summed E-state index contributed by atoms with van der Waals surface area (Å²) in [4.78, 5) is 31.7. The largest absolute Gasteiger partial charge is 0.352 e. The molecule has 1 aromatic carbocycles. The lowest BCUT2D eigenvalue weighted by Gasteiger charge is -2.34. The zero-order valence-electron chi connectivity index (χ0n) is 16.4. The number of nitrogens with one attached hydrogen (secondary N) is 3. The predicted molar refractivity (Wildman–Crippen MR) is 105 cm³/mol. The van der Waals surface area contributed by atoms with Gasteiger partial charge in [0.2, 0.25) is 11.8 Å². The van der Waals surface area contributed by atoms with E-state index in [9.17, 15) is 18.4 Å². The Morgan fingerprint density at radius 1 is 1.23 bits per heavy atom. The maximum absolute atomic E-state index is 12.9. The molecule has 0 aliphatic heterocycles. The molecular weight excluding hydrogens is 394 g/mol. The second-order valence-electron chi connectivity index (χ2n) is 7.67. The van der Waals surface area contributed by atoms with Gasteiger partial charge in [-0.15, -0.1) is 0 Å². The number of fused-ring (bicyclic) bond motifs is 1. The quantitative estimate of drug-likeness (QED) is 0.550. The van der Waals surface area contributed by atoms with E-state index in [0.29, 0.717) is 18.1 Å². The van der Waals surface area contributed by atoms with Crippen LogP contribution in [0.3, 0.4) is 0 Å². The molecule has 0 radical (unpaired) electrons. The third-order valence-electron chi connectivity index (χ3n) is 5.20. The summed E-state index contributed by atoms with van der Waals surface area (Å²) in [6.45, 7) is 0.542. The van der Waals surface area contributed by atoms with E-state index in [-0.39, 0.29) is 43.5 Å². The highest BCUT2D eigenvalue weighted by Crippen LogP contribution is 2.43. The molecule has 8 nitrogen and oxygen atoms in total. The average Bonchev–Trinajstić information content (AvgIpc) is 3.28. The van der Waals surface area contributed by atoms with Crippen LogP contribution in [-0.4, -0.2) is 37.5 Å². The molecule has 3 N–H and O–H groups in total. The van der Waals surface area contributed by atoms with Crippen molar-refractivity contribution in [3.05, 3.63) is 47.5 Å². The number of alkyl halides is 2. The lowest BCUT2D eigenvalue weighted by molar-refractivity contribution is -0.133. The molecule has 10 heteroatoms. The van der Waals surface area contributed by atoms with Crippen molar-refractivity contribution in [2.24, 2.45) is 13.0 Å². The van der Waals surface area contributed by atoms with Crippen molar-refractivity contribution in [1.29, 1.82) is 0 Å². The Bertz CT molecular complexity index is 1080. The molecule has 1 fully saturated rings. The Morgan fingerprint density at radius 3 is 2.73 bits per heavy atom. The van der Waals surface area contributed by atoms with Gasteiger partial charge in [0.1, 0.15) is 11.5 Å². The normalized spacial score (nSPS) is 15.7. The summed E-state index contributed by atoms with van der Waals surface area (Å²) >= 11 is 0.